The molecule has 4 rings (SSSR count). The summed E-state index contributed by atoms with van der Waals surface area (Å²) in [4.78, 5) is 9.22. The number of hydrogen-bond donors (Lipinski definition) is 1. The molecule has 3 heterocycles. The Morgan fingerprint density at radius 2 is 1.90 bits per heavy atom. The number of hydrogen-bond acceptors (Lipinski definition) is 4. The van der Waals surface area contributed by atoms with Gasteiger partial charge in [-0.15, -0.1) is 0 Å². The van der Waals surface area contributed by atoms with Gasteiger partial charge in [-0.1, -0.05) is 38.1 Å². The van der Waals surface area contributed by atoms with Crippen LogP contribution in [0.4, 0.5) is 5.82 Å². The third-order valence-corrected chi connectivity index (χ3v) is 5.14. The lowest BCUT2D eigenvalue weighted by atomic mass is 10.0. The number of aromatic nitrogens is 4. The van der Waals surface area contributed by atoms with Crippen molar-refractivity contribution in [1.29, 1.82) is 0 Å². The fourth-order valence-corrected chi connectivity index (χ4v) is 3.36. The van der Waals surface area contributed by atoms with E-state index in [1.54, 1.807) is 6.20 Å². The van der Waals surface area contributed by atoms with Crippen molar-refractivity contribution in [1.82, 2.24) is 19.6 Å². The Hall–Kier alpha value is -3.21. The fraction of sp³-hybridized carbons (Fsp3) is 0.292. The Bertz CT molecular complexity index is 1130. The Kier molecular flexibility index (Phi) is 5.30. The van der Waals surface area contributed by atoms with E-state index in [9.17, 15) is 0 Å². The molecule has 148 valence electrons. The molecule has 4 aromatic rings. The van der Waals surface area contributed by atoms with Crippen LogP contribution in [0.3, 0.4) is 0 Å². The van der Waals surface area contributed by atoms with Gasteiger partial charge in [0.25, 0.3) is 0 Å². The first kappa shape index (κ1) is 19.1. The fourth-order valence-electron chi connectivity index (χ4n) is 3.36. The second-order valence-electron chi connectivity index (χ2n) is 8.04. The van der Waals surface area contributed by atoms with E-state index in [1.165, 1.54) is 11.1 Å². The number of pyridine rings is 1. The van der Waals surface area contributed by atoms with Crippen molar-refractivity contribution in [2.75, 3.05) is 11.9 Å². The molecule has 0 saturated carbocycles. The first-order valence-corrected chi connectivity index (χ1v) is 10.1. The van der Waals surface area contributed by atoms with E-state index in [4.69, 9.17) is 4.98 Å². The Balaban J connectivity index is 1.82. The molecule has 29 heavy (non-hydrogen) atoms. The van der Waals surface area contributed by atoms with Gasteiger partial charge in [0.1, 0.15) is 5.82 Å². The summed E-state index contributed by atoms with van der Waals surface area (Å²) >= 11 is 0. The molecular weight excluding hydrogens is 358 g/mol. The maximum atomic E-state index is 4.98. The van der Waals surface area contributed by atoms with Crippen LogP contribution in [0.25, 0.3) is 16.8 Å². The first-order chi connectivity index (χ1) is 14.0. The van der Waals surface area contributed by atoms with Crippen LogP contribution >= 0.6 is 0 Å². The summed E-state index contributed by atoms with van der Waals surface area (Å²) < 4.78 is 1.92. The summed E-state index contributed by atoms with van der Waals surface area (Å²) in [6, 6.07) is 12.7. The van der Waals surface area contributed by atoms with E-state index in [-0.39, 0.29) is 0 Å². The van der Waals surface area contributed by atoms with Crippen molar-refractivity contribution in [2.45, 2.75) is 34.1 Å². The average Bonchev–Trinajstić information content (AvgIpc) is 3.13. The number of fused-ring (bicyclic) bond motifs is 1. The van der Waals surface area contributed by atoms with Crippen LogP contribution in [0.2, 0.25) is 0 Å². The van der Waals surface area contributed by atoms with E-state index in [0.29, 0.717) is 5.92 Å². The van der Waals surface area contributed by atoms with E-state index < -0.39 is 0 Å². The molecule has 0 aliphatic heterocycles. The van der Waals surface area contributed by atoms with Crippen molar-refractivity contribution < 1.29 is 0 Å². The van der Waals surface area contributed by atoms with Crippen LogP contribution in [-0.4, -0.2) is 26.1 Å². The van der Waals surface area contributed by atoms with Gasteiger partial charge < -0.3 is 5.32 Å². The summed E-state index contributed by atoms with van der Waals surface area (Å²) in [6.07, 6.45) is 6.34. The molecule has 0 spiro atoms. The van der Waals surface area contributed by atoms with Crippen molar-refractivity contribution in [2.24, 2.45) is 5.92 Å². The molecule has 1 N–H and O–H groups in total. The van der Waals surface area contributed by atoms with Gasteiger partial charge in [-0.25, -0.2) is 4.98 Å². The molecule has 1 aromatic carbocycles. The highest BCUT2D eigenvalue weighted by Crippen LogP contribution is 2.28. The third-order valence-electron chi connectivity index (χ3n) is 5.14. The number of nitrogens with zero attached hydrogens (tertiary/aromatic N) is 4. The summed E-state index contributed by atoms with van der Waals surface area (Å²) in [6.45, 7) is 9.55. The van der Waals surface area contributed by atoms with Crippen molar-refractivity contribution >= 4 is 11.5 Å². The second-order valence-corrected chi connectivity index (χ2v) is 8.04. The molecule has 0 aliphatic carbocycles. The highest BCUT2D eigenvalue weighted by Gasteiger charge is 2.14. The van der Waals surface area contributed by atoms with E-state index in [1.807, 2.05) is 23.0 Å². The number of benzene rings is 1. The number of rotatable bonds is 6. The van der Waals surface area contributed by atoms with Gasteiger partial charge in [-0.2, -0.15) is 9.61 Å². The molecule has 0 fully saturated rings. The van der Waals surface area contributed by atoms with Gasteiger partial charge in [-0.3, -0.25) is 4.98 Å². The maximum absolute atomic E-state index is 4.98. The normalized spacial score (nSPS) is 11.3. The summed E-state index contributed by atoms with van der Waals surface area (Å²) in [5.41, 5.74) is 7.77. The summed E-state index contributed by atoms with van der Waals surface area (Å²) in [5.74, 6) is 1.51. The molecule has 0 aliphatic rings. The van der Waals surface area contributed by atoms with Crippen molar-refractivity contribution in [3.63, 3.8) is 0 Å². The molecule has 5 heteroatoms. The Morgan fingerprint density at radius 3 is 2.62 bits per heavy atom. The number of nitrogens with one attached hydrogen (secondary N) is 1. The standard InChI is InChI=1S/C24H27N5/c1-16(2)13-26-23-12-21(11-19-6-5-9-25-14-19)28-24-22(15-27-29(23)24)20-8-7-17(3)18(4)10-20/h5-10,12,14-16,26H,11,13H2,1-4H3. The molecule has 5 nitrogen and oxygen atoms in total. The molecule has 0 amide bonds. The monoisotopic (exact) mass is 385 g/mol. The van der Waals surface area contributed by atoms with Gasteiger partial charge in [0.15, 0.2) is 5.65 Å². The lowest BCUT2D eigenvalue weighted by molar-refractivity contribution is 0.683. The smallest absolute Gasteiger partial charge is 0.165 e. The highest BCUT2D eigenvalue weighted by atomic mass is 15.3. The Morgan fingerprint density at radius 1 is 1.03 bits per heavy atom. The lowest BCUT2D eigenvalue weighted by Gasteiger charge is -2.13. The van der Waals surface area contributed by atoms with Gasteiger partial charge in [0, 0.05) is 37.0 Å². The Labute approximate surface area is 171 Å². The summed E-state index contributed by atoms with van der Waals surface area (Å²) in [7, 11) is 0. The minimum atomic E-state index is 0.537. The topological polar surface area (TPSA) is 55.1 Å². The molecule has 3 aromatic heterocycles. The zero-order valence-electron chi connectivity index (χ0n) is 17.5. The van der Waals surface area contributed by atoms with Gasteiger partial charge in [-0.05, 0) is 48.1 Å². The summed E-state index contributed by atoms with van der Waals surface area (Å²) in [5, 5.41) is 8.20. The van der Waals surface area contributed by atoms with Crippen LogP contribution in [0.1, 0.15) is 36.2 Å². The molecule has 0 atom stereocenters. The van der Waals surface area contributed by atoms with Crippen molar-refractivity contribution in [3.8, 4) is 11.1 Å². The predicted molar refractivity (Wildman–Crippen MR) is 118 cm³/mol. The highest BCUT2D eigenvalue weighted by molar-refractivity contribution is 5.78. The van der Waals surface area contributed by atoms with Gasteiger partial charge >= 0.3 is 0 Å². The van der Waals surface area contributed by atoms with Gasteiger partial charge in [0.2, 0.25) is 0 Å². The zero-order valence-corrected chi connectivity index (χ0v) is 17.5. The minimum Gasteiger partial charge on any atom is -0.370 e. The molecule has 0 saturated heterocycles. The largest absolute Gasteiger partial charge is 0.370 e. The van der Waals surface area contributed by atoms with E-state index in [0.717, 1.165) is 46.8 Å². The number of aryl methyl sites for hydroxylation is 2. The van der Waals surface area contributed by atoms with Gasteiger partial charge in [0.05, 0.1) is 11.9 Å². The quantitative estimate of drug-likeness (QED) is 0.504. The van der Waals surface area contributed by atoms with Crippen LogP contribution in [0.15, 0.2) is 55.0 Å². The maximum Gasteiger partial charge on any atom is 0.165 e. The minimum absolute atomic E-state index is 0.537. The third kappa shape index (κ3) is 4.14. The van der Waals surface area contributed by atoms with Crippen LogP contribution in [0, 0.1) is 19.8 Å². The first-order valence-electron chi connectivity index (χ1n) is 10.1. The van der Waals surface area contributed by atoms with E-state index in [2.05, 4.69) is 73.4 Å². The zero-order chi connectivity index (χ0) is 20.4. The van der Waals surface area contributed by atoms with Crippen molar-refractivity contribution in [3.05, 3.63) is 77.4 Å². The lowest BCUT2D eigenvalue weighted by Crippen LogP contribution is -2.12. The molecular formula is C24H27N5. The average molecular weight is 386 g/mol. The van der Waals surface area contributed by atoms with Crippen LogP contribution < -0.4 is 5.32 Å². The van der Waals surface area contributed by atoms with Crippen LogP contribution in [-0.2, 0) is 6.42 Å². The van der Waals surface area contributed by atoms with Crippen LogP contribution in [0.5, 0.6) is 0 Å². The predicted octanol–water partition coefficient (Wildman–Crippen LogP) is 5.07. The molecule has 0 radical (unpaired) electrons. The number of anilines is 1. The second kappa shape index (κ2) is 8.03. The molecule has 0 unspecified atom stereocenters. The SMILES string of the molecule is Cc1ccc(-c2cnn3c(NCC(C)C)cc(Cc4cccnc4)nc23)cc1C. The molecule has 0 bridgehead atoms. The van der Waals surface area contributed by atoms with E-state index >= 15 is 0 Å².